The minimum Gasteiger partial charge on any atom is -0.208 e. The first kappa shape index (κ1) is 24.4. The summed E-state index contributed by atoms with van der Waals surface area (Å²) in [7, 11) is 0. The summed E-state index contributed by atoms with van der Waals surface area (Å²) in [6.07, 6.45) is 0. The zero-order valence-electron chi connectivity index (χ0n) is 22.1. The summed E-state index contributed by atoms with van der Waals surface area (Å²) in [6.45, 7) is 4.53. The quantitative estimate of drug-likeness (QED) is 0.228. The second kappa shape index (κ2) is 10.5. The average Bonchev–Trinajstić information content (AvgIpc) is 3.02. The molecule has 0 aliphatic carbocycles. The maximum atomic E-state index is 4.87. The molecule has 39 heavy (non-hydrogen) atoms. The van der Waals surface area contributed by atoms with Gasteiger partial charge in [0.2, 0.25) is 0 Å². The van der Waals surface area contributed by atoms with Gasteiger partial charge in [-0.1, -0.05) is 153 Å². The number of benzene rings is 5. The number of hydrogen-bond donors (Lipinski definition) is 0. The highest BCUT2D eigenvalue weighted by molar-refractivity contribution is 5.67. The molecule has 0 aliphatic heterocycles. The predicted octanol–water partition coefficient (Wildman–Crippen LogP) is 8.87. The minimum atomic E-state index is -0.156. The molecule has 1 aromatic heterocycles. The van der Waals surface area contributed by atoms with Crippen LogP contribution in [0.2, 0.25) is 0 Å². The molecule has 0 N–H and O–H groups in total. The van der Waals surface area contributed by atoms with Crippen LogP contribution in [-0.4, -0.2) is 15.0 Å². The summed E-state index contributed by atoms with van der Waals surface area (Å²) < 4.78 is 0. The van der Waals surface area contributed by atoms with Crippen molar-refractivity contribution in [3.05, 3.63) is 151 Å². The molecule has 0 saturated heterocycles. The minimum absolute atomic E-state index is 0.156. The third-order valence-electron chi connectivity index (χ3n) is 7.28. The van der Waals surface area contributed by atoms with E-state index in [0.29, 0.717) is 17.5 Å². The fraction of sp³-hybridized carbons (Fsp3) is 0.0833. The highest BCUT2D eigenvalue weighted by Gasteiger charge is 2.23. The molecule has 0 radical (unpaired) electrons. The smallest absolute Gasteiger partial charge is 0.164 e. The SMILES string of the molecule is CC(C)(c1ccc(-c2ccccc2)cc1)c1ccc(-c2nc(-c3ccccc3)nc(-c3ccccc3)n2)cc1. The third-order valence-corrected chi connectivity index (χ3v) is 7.28. The number of aromatic nitrogens is 3. The van der Waals surface area contributed by atoms with Crippen LogP contribution < -0.4 is 0 Å². The van der Waals surface area contributed by atoms with E-state index in [1.165, 1.54) is 22.3 Å². The van der Waals surface area contributed by atoms with E-state index in [2.05, 4.69) is 86.6 Å². The fourth-order valence-electron chi connectivity index (χ4n) is 4.85. The highest BCUT2D eigenvalue weighted by atomic mass is 15.0. The van der Waals surface area contributed by atoms with E-state index in [1.807, 2.05) is 66.7 Å². The lowest BCUT2D eigenvalue weighted by Crippen LogP contribution is -2.18. The van der Waals surface area contributed by atoms with E-state index < -0.39 is 0 Å². The molecule has 0 bridgehead atoms. The van der Waals surface area contributed by atoms with Crippen LogP contribution in [-0.2, 0) is 5.41 Å². The van der Waals surface area contributed by atoms with Gasteiger partial charge in [0.15, 0.2) is 17.5 Å². The average molecular weight is 504 g/mol. The number of hydrogen-bond acceptors (Lipinski definition) is 3. The Hall–Kier alpha value is -4.89. The molecule has 0 saturated carbocycles. The lowest BCUT2D eigenvalue weighted by molar-refractivity contribution is 0.641. The van der Waals surface area contributed by atoms with Gasteiger partial charge in [0.1, 0.15) is 0 Å². The molecular weight excluding hydrogens is 474 g/mol. The Balaban J connectivity index is 1.34. The Morgan fingerprint density at radius 2 is 0.615 bits per heavy atom. The lowest BCUT2D eigenvalue weighted by Gasteiger charge is -2.26. The Morgan fingerprint density at radius 1 is 0.333 bits per heavy atom. The predicted molar refractivity (Wildman–Crippen MR) is 160 cm³/mol. The van der Waals surface area contributed by atoms with Crippen molar-refractivity contribution >= 4 is 0 Å². The fourth-order valence-corrected chi connectivity index (χ4v) is 4.85. The molecule has 0 atom stereocenters. The summed E-state index contributed by atoms with van der Waals surface area (Å²) in [5.74, 6) is 2.00. The first-order chi connectivity index (χ1) is 19.1. The van der Waals surface area contributed by atoms with Crippen LogP contribution in [0.3, 0.4) is 0 Å². The molecule has 0 amide bonds. The molecule has 1 heterocycles. The number of rotatable bonds is 6. The van der Waals surface area contributed by atoms with Crippen molar-refractivity contribution in [3.63, 3.8) is 0 Å². The van der Waals surface area contributed by atoms with Crippen LogP contribution >= 0.6 is 0 Å². The molecule has 0 aliphatic rings. The van der Waals surface area contributed by atoms with Crippen LogP contribution in [0.25, 0.3) is 45.3 Å². The first-order valence-corrected chi connectivity index (χ1v) is 13.2. The highest BCUT2D eigenvalue weighted by Crippen LogP contribution is 2.34. The third kappa shape index (κ3) is 5.12. The monoisotopic (exact) mass is 503 g/mol. The van der Waals surface area contributed by atoms with E-state index in [0.717, 1.165) is 16.7 Å². The second-order valence-corrected chi connectivity index (χ2v) is 10.2. The normalized spacial score (nSPS) is 11.3. The largest absolute Gasteiger partial charge is 0.208 e. The summed E-state index contributed by atoms with van der Waals surface area (Å²) >= 11 is 0. The van der Waals surface area contributed by atoms with E-state index in [4.69, 9.17) is 15.0 Å². The summed E-state index contributed by atoms with van der Waals surface area (Å²) in [5, 5.41) is 0. The Kier molecular flexibility index (Phi) is 6.56. The Labute approximate surface area is 229 Å². The van der Waals surface area contributed by atoms with Crippen molar-refractivity contribution in [1.82, 2.24) is 15.0 Å². The van der Waals surface area contributed by atoms with Crippen molar-refractivity contribution in [2.24, 2.45) is 0 Å². The van der Waals surface area contributed by atoms with Crippen molar-refractivity contribution < 1.29 is 0 Å². The molecule has 188 valence electrons. The van der Waals surface area contributed by atoms with Gasteiger partial charge in [-0.05, 0) is 22.3 Å². The molecule has 6 aromatic rings. The van der Waals surface area contributed by atoms with Crippen LogP contribution in [0.4, 0.5) is 0 Å². The molecule has 0 spiro atoms. The molecule has 0 unspecified atom stereocenters. The van der Waals surface area contributed by atoms with Gasteiger partial charge in [0, 0.05) is 22.1 Å². The topological polar surface area (TPSA) is 38.7 Å². The summed E-state index contributed by atoms with van der Waals surface area (Å²) in [6, 6.07) is 48.1. The van der Waals surface area contributed by atoms with Crippen LogP contribution in [0, 0.1) is 0 Å². The van der Waals surface area contributed by atoms with Gasteiger partial charge in [-0.2, -0.15) is 0 Å². The summed E-state index contributed by atoms with van der Waals surface area (Å²) in [4.78, 5) is 14.5. The molecule has 5 aromatic carbocycles. The first-order valence-electron chi connectivity index (χ1n) is 13.2. The van der Waals surface area contributed by atoms with E-state index >= 15 is 0 Å². The lowest BCUT2D eigenvalue weighted by atomic mass is 9.77. The maximum Gasteiger partial charge on any atom is 0.164 e. The Bertz CT molecular complexity index is 1620. The van der Waals surface area contributed by atoms with Gasteiger partial charge >= 0.3 is 0 Å². The molecule has 0 fully saturated rings. The van der Waals surface area contributed by atoms with Gasteiger partial charge in [-0.25, -0.2) is 15.0 Å². The molecular formula is C36H29N3. The maximum absolute atomic E-state index is 4.87. The zero-order valence-corrected chi connectivity index (χ0v) is 22.1. The van der Waals surface area contributed by atoms with E-state index in [-0.39, 0.29) is 5.41 Å². The van der Waals surface area contributed by atoms with E-state index in [1.54, 1.807) is 0 Å². The van der Waals surface area contributed by atoms with Gasteiger partial charge in [0.25, 0.3) is 0 Å². The van der Waals surface area contributed by atoms with Crippen LogP contribution in [0.1, 0.15) is 25.0 Å². The zero-order chi connectivity index (χ0) is 26.7. The van der Waals surface area contributed by atoms with Crippen molar-refractivity contribution in [3.8, 4) is 45.3 Å². The summed E-state index contributed by atoms with van der Waals surface area (Å²) in [5.41, 5.74) is 7.71. The van der Waals surface area contributed by atoms with Crippen molar-refractivity contribution in [2.45, 2.75) is 19.3 Å². The molecule has 3 heteroatoms. The van der Waals surface area contributed by atoms with Gasteiger partial charge in [0.05, 0.1) is 0 Å². The van der Waals surface area contributed by atoms with E-state index in [9.17, 15) is 0 Å². The Morgan fingerprint density at radius 3 is 1.00 bits per heavy atom. The standard InChI is InChI=1S/C36H29N3/c1-36(2,31-22-18-27(19-23-31)26-12-6-3-7-13-26)32-24-20-30(21-25-32)35-38-33(28-14-8-4-9-15-28)37-34(39-35)29-16-10-5-11-17-29/h3-25H,1-2H3. The van der Waals surface area contributed by atoms with Gasteiger partial charge < -0.3 is 0 Å². The van der Waals surface area contributed by atoms with Crippen LogP contribution in [0.5, 0.6) is 0 Å². The van der Waals surface area contributed by atoms with Crippen LogP contribution in [0.15, 0.2) is 140 Å². The number of nitrogens with zero attached hydrogens (tertiary/aromatic N) is 3. The van der Waals surface area contributed by atoms with Crippen molar-refractivity contribution in [1.29, 1.82) is 0 Å². The second-order valence-electron chi connectivity index (χ2n) is 10.2. The van der Waals surface area contributed by atoms with Gasteiger partial charge in [-0.3, -0.25) is 0 Å². The molecule has 6 rings (SSSR count). The van der Waals surface area contributed by atoms with Gasteiger partial charge in [-0.15, -0.1) is 0 Å². The molecule has 3 nitrogen and oxygen atoms in total. The van der Waals surface area contributed by atoms with Crippen molar-refractivity contribution in [2.75, 3.05) is 0 Å².